The molecule has 0 amide bonds. The maximum Gasteiger partial charge on any atom is 0.122 e. The molecule has 0 aliphatic rings. The fourth-order valence-electron chi connectivity index (χ4n) is 1.77. The number of aryl methyl sites for hydroxylation is 2. The Hall–Kier alpha value is -1.02. The Labute approximate surface area is 105 Å². The van der Waals surface area contributed by atoms with Gasteiger partial charge in [0.1, 0.15) is 5.75 Å². The van der Waals surface area contributed by atoms with Gasteiger partial charge in [-0.1, -0.05) is 26.0 Å². The molecule has 2 nitrogen and oxygen atoms in total. The minimum atomic E-state index is 0.229. The normalized spacial score (nSPS) is 11.6. The zero-order chi connectivity index (χ0) is 12.9. The predicted molar refractivity (Wildman–Crippen MR) is 73.5 cm³/mol. The van der Waals surface area contributed by atoms with Crippen LogP contribution in [0.25, 0.3) is 0 Å². The molecule has 0 heterocycles. The van der Waals surface area contributed by atoms with Gasteiger partial charge in [-0.25, -0.2) is 0 Å². The smallest absolute Gasteiger partial charge is 0.122 e. The highest BCUT2D eigenvalue weighted by molar-refractivity contribution is 5.36. The van der Waals surface area contributed by atoms with Gasteiger partial charge in [-0.2, -0.15) is 0 Å². The lowest BCUT2D eigenvalue weighted by molar-refractivity contribution is 0.337. The summed E-state index contributed by atoms with van der Waals surface area (Å²) in [5.74, 6) is 0.995. The van der Waals surface area contributed by atoms with Gasteiger partial charge in [0.25, 0.3) is 0 Å². The topological polar surface area (TPSA) is 35.2 Å². The van der Waals surface area contributed by atoms with Gasteiger partial charge in [0.2, 0.25) is 0 Å². The van der Waals surface area contributed by atoms with Gasteiger partial charge in [0.05, 0.1) is 6.61 Å². The molecule has 0 spiro atoms. The Morgan fingerprint density at radius 2 is 2.00 bits per heavy atom. The predicted octanol–water partition coefficient (Wildman–Crippen LogP) is 3.31. The molecule has 0 unspecified atom stereocenters. The third kappa shape index (κ3) is 4.39. The first-order valence-electron chi connectivity index (χ1n) is 6.41. The van der Waals surface area contributed by atoms with Crippen LogP contribution in [0.15, 0.2) is 18.2 Å². The molecule has 0 atom stereocenters. The molecule has 0 saturated heterocycles. The highest BCUT2D eigenvalue weighted by atomic mass is 16.5. The van der Waals surface area contributed by atoms with Crippen LogP contribution in [0.4, 0.5) is 0 Å². The summed E-state index contributed by atoms with van der Waals surface area (Å²) in [5.41, 5.74) is 8.56. The van der Waals surface area contributed by atoms with E-state index in [0.29, 0.717) is 0 Å². The van der Waals surface area contributed by atoms with Crippen molar-refractivity contribution >= 4 is 0 Å². The molecular weight excluding hydrogens is 210 g/mol. The van der Waals surface area contributed by atoms with Gasteiger partial charge in [0, 0.05) is 0 Å². The summed E-state index contributed by atoms with van der Waals surface area (Å²) in [5, 5.41) is 0. The van der Waals surface area contributed by atoms with Crippen LogP contribution in [0.3, 0.4) is 0 Å². The Balaban J connectivity index is 2.64. The Kier molecular flexibility index (Phi) is 5.01. The third-order valence-corrected chi connectivity index (χ3v) is 3.18. The second-order valence-electron chi connectivity index (χ2n) is 5.40. The van der Waals surface area contributed by atoms with Crippen molar-refractivity contribution in [3.05, 3.63) is 29.3 Å². The van der Waals surface area contributed by atoms with E-state index in [-0.39, 0.29) is 5.41 Å². The standard InChI is InChI=1S/C15H25NO/c1-5-17-14-7-6-13(10-12(14)2)8-9-15(3,4)11-16/h6-7,10H,5,8-9,11,16H2,1-4H3. The van der Waals surface area contributed by atoms with Crippen molar-refractivity contribution in [3.63, 3.8) is 0 Å². The number of rotatable bonds is 6. The fraction of sp³-hybridized carbons (Fsp3) is 0.600. The van der Waals surface area contributed by atoms with E-state index in [1.54, 1.807) is 0 Å². The minimum absolute atomic E-state index is 0.229. The minimum Gasteiger partial charge on any atom is -0.494 e. The number of nitrogens with two attached hydrogens (primary N) is 1. The van der Waals surface area contributed by atoms with Crippen molar-refractivity contribution in [1.82, 2.24) is 0 Å². The zero-order valence-electron chi connectivity index (χ0n) is 11.5. The quantitative estimate of drug-likeness (QED) is 0.821. The van der Waals surface area contributed by atoms with Crippen molar-refractivity contribution in [2.24, 2.45) is 11.1 Å². The molecule has 1 aromatic rings. The molecule has 2 heteroatoms. The molecule has 2 N–H and O–H groups in total. The lowest BCUT2D eigenvalue weighted by Crippen LogP contribution is -2.24. The molecule has 1 aromatic carbocycles. The fourth-order valence-corrected chi connectivity index (χ4v) is 1.77. The van der Waals surface area contributed by atoms with Gasteiger partial charge in [0.15, 0.2) is 0 Å². The van der Waals surface area contributed by atoms with E-state index < -0.39 is 0 Å². The van der Waals surface area contributed by atoms with E-state index in [2.05, 4.69) is 39.0 Å². The summed E-state index contributed by atoms with van der Waals surface area (Å²) in [4.78, 5) is 0. The lowest BCUT2D eigenvalue weighted by Gasteiger charge is -2.22. The maximum absolute atomic E-state index is 5.74. The Morgan fingerprint density at radius 3 is 2.53 bits per heavy atom. The highest BCUT2D eigenvalue weighted by Crippen LogP contribution is 2.24. The Morgan fingerprint density at radius 1 is 1.29 bits per heavy atom. The van der Waals surface area contributed by atoms with E-state index in [0.717, 1.165) is 31.7 Å². The second-order valence-corrected chi connectivity index (χ2v) is 5.40. The molecule has 0 aliphatic carbocycles. The first-order valence-corrected chi connectivity index (χ1v) is 6.41. The average Bonchev–Trinajstić information content (AvgIpc) is 2.30. The van der Waals surface area contributed by atoms with Crippen LogP contribution in [0.2, 0.25) is 0 Å². The monoisotopic (exact) mass is 235 g/mol. The molecule has 0 aliphatic heterocycles. The first-order chi connectivity index (χ1) is 7.98. The van der Waals surface area contributed by atoms with Crippen LogP contribution < -0.4 is 10.5 Å². The molecule has 0 bridgehead atoms. The highest BCUT2D eigenvalue weighted by Gasteiger charge is 2.15. The molecular formula is C15H25NO. The molecule has 17 heavy (non-hydrogen) atoms. The Bertz CT molecular complexity index is 358. The van der Waals surface area contributed by atoms with Crippen molar-refractivity contribution < 1.29 is 4.74 Å². The van der Waals surface area contributed by atoms with Crippen molar-refractivity contribution in [2.75, 3.05) is 13.2 Å². The lowest BCUT2D eigenvalue weighted by atomic mass is 9.86. The van der Waals surface area contributed by atoms with Crippen LogP contribution in [0.5, 0.6) is 5.75 Å². The van der Waals surface area contributed by atoms with Crippen LogP contribution in [-0.4, -0.2) is 13.2 Å². The summed E-state index contributed by atoms with van der Waals surface area (Å²) >= 11 is 0. The summed E-state index contributed by atoms with van der Waals surface area (Å²) in [6.45, 7) is 10.0. The molecule has 0 radical (unpaired) electrons. The van der Waals surface area contributed by atoms with Crippen molar-refractivity contribution in [3.8, 4) is 5.75 Å². The van der Waals surface area contributed by atoms with E-state index >= 15 is 0 Å². The van der Waals surface area contributed by atoms with Crippen LogP contribution in [0, 0.1) is 12.3 Å². The van der Waals surface area contributed by atoms with Crippen LogP contribution in [0.1, 0.15) is 38.3 Å². The van der Waals surface area contributed by atoms with E-state index in [9.17, 15) is 0 Å². The molecule has 96 valence electrons. The van der Waals surface area contributed by atoms with Gasteiger partial charge in [-0.3, -0.25) is 0 Å². The third-order valence-electron chi connectivity index (χ3n) is 3.18. The van der Waals surface area contributed by atoms with Gasteiger partial charge in [-0.15, -0.1) is 0 Å². The zero-order valence-corrected chi connectivity index (χ0v) is 11.5. The summed E-state index contributed by atoms with van der Waals surface area (Å²) in [6, 6.07) is 6.45. The summed E-state index contributed by atoms with van der Waals surface area (Å²) in [6.07, 6.45) is 2.20. The number of hydrogen-bond acceptors (Lipinski definition) is 2. The second kappa shape index (κ2) is 6.06. The van der Waals surface area contributed by atoms with Gasteiger partial charge in [-0.05, 0) is 55.8 Å². The largest absolute Gasteiger partial charge is 0.494 e. The first kappa shape index (κ1) is 14.0. The van der Waals surface area contributed by atoms with Crippen molar-refractivity contribution in [1.29, 1.82) is 0 Å². The molecule has 1 rings (SSSR count). The number of hydrogen-bond donors (Lipinski definition) is 1. The van der Waals surface area contributed by atoms with Crippen LogP contribution in [-0.2, 0) is 6.42 Å². The number of ether oxygens (including phenoxy) is 1. The van der Waals surface area contributed by atoms with Gasteiger partial charge >= 0.3 is 0 Å². The van der Waals surface area contributed by atoms with Crippen molar-refractivity contribution in [2.45, 2.75) is 40.5 Å². The van der Waals surface area contributed by atoms with E-state index in [1.807, 2.05) is 6.92 Å². The van der Waals surface area contributed by atoms with E-state index in [1.165, 1.54) is 11.1 Å². The van der Waals surface area contributed by atoms with Crippen LogP contribution >= 0.6 is 0 Å². The summed E-state index contributed by atoms with van der Waals surface area (Å²) < 4.78 is 5.54. The molecule has 0 fully saturated rings. The summed E-state index contributed by atoms with van der Waals surface area (Å²) in [7, 11) is 0. The maximum atomic E-state index is 5.74. The number of benzene rings is 1. The van der Waals surface area contributed by atoms with E-state index in [4.69, 9.17) is 10.5 Å². The molecule has 0 saturated carbocycles. The SMILES string of the molecule is CCOc1ccc(CCC(C)(C)CN)cc1C. The average molecular weight is 235 g/mol. The molecule has 0 aromatic heterocycles. The van der Waals surface area contributed by atoms with Gasteiger partial charge < -0.3 is 10.5 Å².